The summed E-state index contributed by atoms with van der Waals surface area (Å²) in [4.78, 5) is 19.6. The Hall–Kier alpha value is -8.48. The van der Waals surface area contributed by atoms with E-state index in [-0.39, 0.29) is 0 Å². The molecule has 12 aromatic rings. The summed E-state index contributed by atoms with van der Waals surface area (Å²) in [7, 11) is 0. The summed E-state index contributed by atoms with van der Waals surface area (Å²) in [5.41, 5.74) is 15.3. The minimum Gasteiger partial charge on any atom is -0.456 e. The zero-order valence-electron chi connectivity index (χ0n) is 33.2. The Morgan fingerprint density at radius 2 is 0.823 bits per heavy atom. The van der Waals surface area contributed by atoms with Gasteiger partial charge in [-0.3, -0.25) is 0 Å². The van der Waals surface area contributed by atoms with Gasteiger partial charge in [-0.15, -0.1) is 0 Å². The third-order valence-corrected chi connectivity index (χ3v) is 11.7. The maximum Gasteiger partial charge on any atom is 0.160 e. The molecular formula is C56H34N4O2. The van der Waals surface area contributed by atoms with E-state index in [1.807, 2.05) is 103 Å². The first-order chi connectivity index (χ1) is 30.7. The molecule has 62 heavy (non-hydrogen) atoms. The SMILES string of the molecule is c1ccc(-c2cnc(-c3ccc(-c4nc(-c5ccccc5)cc(-c5ccc(-c6ccc(-c7cccc8oc9ccccc9c78)c7oc8ccccc8c67)cc5)n4)cc3)nc2)cc1. The van der Waals surface area contributed by atoms with Gasteiger partial charge in [0.25, 0.3) is 0 Å². The predicted molar refractivity (Wildman–Crippen MR) is 250 cm³/mol. The van der Waals surface area contributed by atoms with Crippen LogP contribution in [0.2, 0.25) is 0 Å². The maximum absolute atomic E-state index is 6.74. The number of rotatable bonds is 7. The number of aromatic nitrogens is 4. The molecule has 0 unspecified atom stereocenters. The van der Waals surface area contributed by atoms with Crippen LogP contribution in [0.25, 0.3) is 123 Å². The molecule has 0 radical (unpaired) electrons. The summed E-state index contributed by atoms with van der Waals surface area (Å²) < 4.78 is 13.0. The Kier molecular flexibility index (Phi) is 8.38. The summed E-state index contributed by atoms with van der Waals surface area (Å²) in [5.74, 6) is 1.30. The molecule has 0 N–H and O–H groups in total. The molecule has 4 aromatic heterocycles. The molecule has 0 bridgehead atoms. The fraction of sp³-hybridized carbons (Fsp3) is 0. The minimum atomic E-state index is 0.639. The van der Waals surface area contributed by atoms with E-state index in [2.05, 4.69) is 113 Å². The lowest BCUT2D eigenvalue weighted by Gasteiger charge is -2.12. The molecule has 0 atom stereocenters. The summed E-state index contributed by atoms with van der Waals surface area (Å²) in [6, 6.07) is 66.4. The van der Waals surface area contributed by atoms with Crippen LogP contribution in [0.3, 0.4) is 0 Å². The van der Waals surface area contributed by atoms with Gasteiger partial charge in [0.1, 0.15) is 22.3 Å². The smallest absolute Gasteiger partial charge is 0.160 e. The number of furan rings is 2. The van der Waals surface area contributed by atoms with Crippen LogP contribution in [0, 0.1) is 0 Å². The van der Waals surface area contributed by atoms with Gasteiger partial charge in [-0.1, -0.05) is 164 Å². The quantitative estimate of drug-likeness (QED) is 0.160. The van der Waals surface area contributed by atoms with Crippen molar-refractivity contribution in [3.8, 4) is 78.7 Å². The van der Waals surface area contributed by atoms with Crippen LogP contribution in [-0.4, -0.2) is 19.9 Å². The number of nitrogens with zero attached hydrogens (tertiary/aromatic N) is 4. The summed E-state index contributed by atoms with van der Waals surface area (Å²) in [6.45, 7) is 0. The fourth-order valence-electron chi connectivity index (χ4n) is 8.61. The second-order valence-corrected chi connectivity index (χ2v) is 15.4. The van der Waals surface area contributed by atoms with Crippen molar-refractivity contribution >= 4 is 43.9 Å². The molecule has 4 heterocycles. The Bertz CT molecular complexity index is 3600. The molecule has 12 rings (SSSR count). The van der Waals surface area contributed by atoms with E-state index < -0.39 is 0 Å². The van der Waals surface area contributed by atoms with Gasteiger partial charge in [0, 0.05) is 67.3 Å². The van der Waals surface area contributed by atoms with E-state index in [9.17, 15) is 0 Å². The van der Waals surface area contributed by atoms with Gasteiger partial charge in [0.15, 0.2) is 11.6 Å². The van der Waals surface area contributed by atoms with Crippen LogP contribution in [-0.2, 0) is 0 Å². The molecule has 0 aliphatic rings. The highest BCUT2D eigenvalue weighted by Crippen LogP contribution is 2.45. The van der Waals surface area contributed by atoms with Crippen LogP contribution < -0.4 is 0 Å². The highest BCUT2D eigenvalue weighted by Gasteiger charge is 2.21. The van der Waals surface area contributed by atoms with Crippen LogP contribution in [0.1, 0.15) is 0 Å². The normalized spacial score (nSPS) is 11.5. The first-order valence-corrected chi connectivity index (χ1v) is 20.6. The Balaban J connectivity index is 0.924. The van der Waals surface area contributed by atoms with E-state index in [1.165, 1.54) is 0 Å². The average molecular weight is 795 g/mol. The second-order valence-electron chi connectivity index (χ2n) is 15.4. The highest BCUT2D eigenvalue weighted by atomic mass is 16.3. The molecule has 290 valence electrons. The van der Waals surface area contributed by atoms with Crippen LogP contribution in [0.4, 0.5) is 0 Å². The van der Waals surface area contributed by atoms with Crippen molar-refractivity contribution in [3.63, 3.8) is 0 Å². The van der Waals surface area contributed by atoms with E-state index in [1.54, 1.807) is 0 Å². The fourth-order valence-corrected chi connectivity index (χ4v) is 8.61. The van der Waals surface area contributed by atoms with E-state index in [0.29, 0.717) is 11.6 Å². The topological polar surface area (TPSA) is 77.8 Å². The summed E-state index contributed by atoms with van der Waals surface area (Å²) in [5, 5.41) is 4.32. The van der Waals surface area contributed by atoms with Gasteiger partial charge in [0.05, 0.1) is 11.4 Å². The van der Waals surface area contributed by atoms with Gasteiger partial charge in [-0.05, 0) is 52.6 Å². The van der Waals surface area contributed by atoms with Crippen molar-refractivity contribution in [2.75, 3.05) is 0 Å². The Labute approximate surface area is 356 Å². The molecule has 0 spiro atoms. The summed E-state index contributed by atoms with van der Waals surface area (Å²) in [6.07, 6.45) is 3.74. The van der Waals surface area contributed by atoms with Gasteiger partial charge >= 0.3 is 0 Å². The lowest BCUT2D eigenvalue weighted by atomic mass is 9.92. The second kappa shape index (κ2) is 14.7. The number of fused-ring (bicyclic) bond motifs is 6. The molecule has 0 saturated carbocycles. The van der Waals surface area contributed by atoms with Crippen molar-refractivity contribution in [1.82, 2.24) is 19.9 Å². The molecule has 8 aromatic carbocycles. The van der Waals surface area contributed by atoms with Gasteiger partial charge in [-0.2, -0.15) is 0 Å². The van der Waals surface area contributed by atoms with E-state index >= 15 is 0 Å². The first kappa shape index (κ1) is 35.5. The van der Waals surface area contributed by atoms with Crippen molar-refractivity contribution < 1.29 is 8.83 Å². The maximum atomic E-state index is 6.74. The number of para-hydroxylation sites is 2. The standard InChI is InChI=1S/C56H34N4O2/c1-3-12-35(13-4-1)41-33-57-55(58-34-41)39-26-28-40(29-27-39)56-59-47(37-14-5-2-6-15-37)32-48(60-56)38-24-22-36(23-25-38)42-30-31-44(54-53(42)46-17-8-10-20-50(46)62-54)43-18-11-21-51-52(43)45-16-7-9-19-49(45)61-51/h1-34H. The molecule has 6 nitrogen and oxygen atoms in total. The third-order valence-electron chi connectivity index (χ3n) is 11.7. The van der Waals surface area contributed by atoms with Crippen molar-refractivity contribution in [3.05, 3.63) is 207 Å². The highest BCUT2D eigenvalue weighted by molar-refractivity contribution is 6.20. The molecule has 6 heteroatoms. The van der Waals surface area contributed by atoms with Crippen molar-refractivity contribution in [1.29, 1.82) is 0 Å². The van der Waals surface area contributed by atoms with Crippen LogP contribution >= 0.6 is 0 Å². The minimum absolute atomic E-state index is 0.639. The lowest BCUT2D eigenvalue weighted by Crippen LogP contribution is -1.96. The first-order valence-electron chi connectivity index (χ1n) is 20.6. The predicted octanol–water partition coefficient (Wildman–Crippen LogP) is 14.7. The summed E-state index contributed by atoms with van der Waals surface area (Å²) >= 11 is 0. The zero-order valence-corrected chi connectivity index (χ0v) is 33.2. The molecular weight excluding hydrogens is 761 g/mol. The Morgan fingerprint density at radius 1 is 0.306 bits per heavy atom. The van der Waals surface area contributed by atoms with Crippen molar-refractivity contribution in [2.45, 2.75) is 0 Å². The number of hydrogen-bond acceptors (Lipinski definition) is 6. The number of hydrogen-bond donors (Lipinski definition) is 0. The monoisotopic (exact) mass is 794 g/mol. The van der Waals surface area contributed by atoms with E-state index in [4.69, 9.17) is 18.8 Å². The zero-order chi connectivity index (χ0) is 41.0. The molecule has 0 saturated heterocycles. The Morgan fingerprint density at radius 3 is 1.52 bits per heavy atom. The van der Waals surface area contributed by atoms with Crippen LogP contribution in [0.5, 0.6) is 0 Å². The van der Waals surface area contributed by atoms with Crippen molar-refractivity contribution in [2.24, 2.45) is 0 Å². The largest absolute Gasteiger partial charge is 0.456 e. The van der Waals surface area contributed by atoms with Gasteiger partial charge in [0.2, 0.25) is 0 Å². The van der Waals surface area contributed by atoms with Crippen LogP contribution in [0.15, 0.2) is 215 Å². The van der Waals surface area contributed by atoms with E-state index in [0.717, 1.165) is 111 Å². The molecule has 0 aliphatic carbocycles. The van der Waals surface area contributed by atoms with Gasteiger partial charge in [-0.25, -0.2) is 19.9 Å². The number of benzene rings is 8. The average Bonchev–Trinajstić information content (AvgIpc) is 3.94. The third kappa shape index (κ3) is 6.13. The molecule has 0 amide bonds. The lowest BCUT2D eigenvalue weighted by molar-refractivity contribution is 0.668. The molecule has 0 fully saturated rings. The molecule has 0 aliphatic heterocycles. The van der Waals surface area contributed by atoms with Gasteiger partial charge < -0.3 is 8.83 Å².